The van der Waals surface area contributed by atoms with Gasteiger partial charge in [0, 0.05) is 0 Å². The Bertz CT molecular complexity index is 704. The van der Waals surface area contributed by atoms with E-state index in [-0.39, 0.29) is 21.7 Å². The lowest BCUT2D eigenvalue weighted by Gasteiger charge is -2.14. The number of hydrogen-bond acceptors (Lipinski definition) is 3. The Morgan fingerprint density at radius 3 is 2.48 bits per heavy atom. The van der Waals surface area contributed by atoms with Gasteiger partial charge in [0.1, 0.15) is 0 Å². The van der Waals surface area contributed by atoms with E-state index in [1.165, 1.54) is 6.07 Å². The molecule has 1 atom stereocenters. The van der Waals surface area contributed by atoms with E-state index < -0.39 is 18.5 Å². The normalized spacial score (nSPS) is 11.6. The van der Waals surface area contributed by atoms with Crippen molar-refractivity contribution in [3.63, 3.8) is 0 Å². The van der Waals surface area contributed by atoms with Crippen molar-refractivity contribution in [2.75, 3.05) is 6.61 Å². The van der Waals surface area contributed by atoms with Crippen molar-refractivity contribution in [3.8, 4) is 0 Å². The lowest BCUT2D eigenvalue weighted by atomic mass is 10.1. The van der Waals surface area contributed by atoms with Crippen LogP contribution in [-0.2, 0) is 9.53 Å². The first-order chi connectivity index (χ1) is 11.0. The van der Waals surface area contributed by atoms with Gasteiger partial charge in [-0.1, -0.05) is 59.6 Å². The fourth-order valence-corrected chi connectivity index (χ4v) is 2.36. The average Bonchev–Trinajstić information content (AvgIpc) is 2.56. The molecule has 2 rings (SSSR count). The number of benzene rings is 2. The molecule has 0 unspecified atom stereocenters. The molecule has 1 amide bonds. The van der Waals surface area contributed by atoms with E-state index in [2.05, 4.69) is 5.32 Å². The first kappa shape index (κ1) is 17.3. The Morgan fingerprint density at radius 1 is 1.09 bits per heavy atom. The van der Waals surface area contributed by atoms with Crippen molar-refractivity contribution < 1.29 is 14.3 Å². The van der Waals surface area contributed by atoms with Gasteiger partial charge >= 0.3 is 5.97 Å². The Labute approximate surface area is 144 Å². The Hall–Kier alpha value is -2.04. The lowest BCUT2D eigenvalue weighted by Crippen LogP contribution is -2.31. The molecule has 0 radical (unpaired) electrons. The number of amides is 1. The molecule has 120 valence electrons. The van der Waals surface area contributed by atoms with Crippen LogP contribution in [0.25, 0.3) is 0 Å². The minimum atomic E-state index is -0.694. The molecule has 6 heteroatoms. The predicted octanol–water partition coefficient (Wildman–Crippen LogP) is 4.03. The van der Waals surface area contributed by atoms with Crippen molar-refractivity contribution >= 4 is 35.1 Å². The average molecular weight is 352 g/mol. The zero-order valence-electron chi connectivity index (χ0n) is 12.4. The fourth-order valence-electron chi connectivity index (χ4n) is 1.98. The summed E-state index contributed by atoms with van der Waals surface area (Å²) >= 11 is 11.8. The molecule has 0 fully saturated rings. The minimum Gasteiger partial charge on any atom is -0.452 e. The van der Waals surface area contributed by atoms with Crippen molar-refractivity contribution in [2.24, 2.45) is 0 Å². The third-order valence-electron chi connectivity index (χ3n) is 3.18. The third-order valence-corrected chi connectivity index (χ3v) is 4.00. The zero-order chi connectivity index (χ0) is 16.8. The van der Waals surface area contributed by atoms with E-state index in [9.17, 15) is 9.59 Å². The highest BCUT2D eigenvalue weighted by atomic mass is 35.5. The van der Waals surface area contributed by atoms with Crippen LogP contribution in [0.3, 0.4) is 0 Å². The summed E-state index contributed by atoms with van der Waals surface area (Å²) in [5.41, 5.74) is 1.09. The number of rotatable bonds is 5. The Balaban J connectivity index is 1.89. The van der Waals surface area contributed by atoms with Gasteiger partial charge in [0.2, 0.25) is 0 Å². The Morgan fingerprint density at radius 2 is 1.78 bits per heavy atom. The van der Waals surface area contributed by atoms with Gasteiger partial charge < -0.3 is 10.1 Å². The smallest absolute Gasteiger partial charge is 0.340 e. The molecule has 0 heterocycles. The van der Waals surface area contributed by atoms with Crippen LogP contribution < -0.4 is 5.32 Å². The largest absolute Gasteiger partial charge is 0.452 e. The second-order valence-electron chi connectivity index (χ2n) is 4.88. The molecule has 23 heavy (non-hydrogen) atoms. The maximum absolute atomic E-state index is 11.9. The Kier molecular flexibility index (Phi) is 6.02. The second kappa shape index (κ2) is 7.99. The van der Waals surface area contributed by atoms with Crippen LogP contribution in [0.5, 0.6) is 0 Å². The number of carbonyl (C=O) groups is 2. The molecular formula is C17H15Cl2NO3. The summed E-state index contributed by atoms with van der Waals surface area (Å²) in [5, 5.41) is 3.12. The summed E-state index contributed by atoms with van der Waals surface area (Å²) in [6.45, 7) is 1.46. The molecule has 0 spiro atoms. The maximum Gasteiger partial charge on any atom is 0.340 e. The van der Waals surface area contributed by atoms with E-state index in [4.69, 9.17) is 27.9 Å². The highest BCUT2D eigenvalue weighted by molar-refractivity contribution is 6.43. The van der Waals surface area contributed by atoms with Crippen molar-refractivity contribution in [2.45, 2.75) is 13.0 Å². The summed E-state index contributed by atoms with van der Waals surface area (Å²) in [7, 11) is 0. The van der Waals surface area contributed by atoms with Crippen LogP contribution in [0.1, 0.15) is 28.9 Å². The number of ether oxygens (including phenoxy) is 1. The molecule has 0 aliphatic rings. The summed E-state index contributed by atoms with van der Waals surface area (Å²) in [4.78, 5) is 23.8. The summed E-state index contributed by atoms with van der Waals surface area (Å²) in [6, 6.07) is 13.9. The lowest BCUT2D eigenvalue weighted by molar-refractivity contribution is -0.124. The van der Waals surface area contributed by atoms with Crippen LogP contribution in [0.4, 0.5) is 0 Å². The van der Waals surface area contributed by atoms with Gasteiger partial charge in [-0.25, -0.2) is 4.79 Å². The molecular weight excluding hydrogens is 337 g/mol. The van der Waals surface area contributed by atoms with Crippen LogP contribution >= 0.6 is 23.2 Å². The van der Waals surface area contributed by atoms with Crippen molar-refractivity contribution in [1.29, 1.82) is 0 Å². The van der Waals surface area contributed by atoms with Gasteiger partial charge in [-0.05, 0) is 24.6 Å². The third kappa shape index (κ3) is 4.71. The first-order valence-electron chi connectivity index (χ1n) is 6.94. The van der Waals surface area contributed by atoms with Gasteiger partial charge in [-0.15, -0.1) is 0 Å². The van der Waals surface area contributed by atoms with Gasteiger partial charge in [-0.2, -0.15) is 0 Å². The van der Waals surface area contributed by atoms with E-state index in [1.807, 2.05) is 37.3 Å². The quantitative estimate of drug-likeness (QED) is 0.827. The summed E-state index contributed by atoms with van der Waals surface area (Å²) in [6.07, 6.45) is 0. The highest BCUT2D eigenvalue weighted by Gasteiger charge is 2.16. The standard InChI is InChI=1S/C17H15Cl2NO3/c1-11(12-6-3-2-4-7-12)20-15(21)10-23-17(22)13-8-5-9-14(18)16(13)19/h2-9,11H,10H2,1H3,(H,20,21)/t11-/m1/s1. The molecule has 0 aliphatic heterocycles. The number of nitrogens with one attached hydrogen (secondary N) is 1. The molecule has 2 aromatic rings. The summed E-state index contributed by atoms with van der Waals surface area (Å²) in [5.74, 6) is -1.09. The topological polar surface area (TPSA) is 55.4 Å². The molecule has 4 nitrogen and oxygen atoms in total. The minimum absolute atomic E-state index is 0.109. The monoisotopic (exact) mass is 351 g/mol. The molecule has 0 aromatic heterocycles. The van der Waals surface area contributed by atoms with E-state index in [0.29, 0.717) is 0 Å². The predicted molar refractivity (Wildman–Crippen MR) is 89.7 cm³/mol. The van der Waals surface area contributed by atoms with Crippen LogP contribution in [0.15, 0.2) is 48.5 Å². The highest BCUT2D eigenvalue weighted by Crippen LogP contribution is 2.25. The summed E-state index contributed by atoms with van der Waals surface area (Å²) < 4.78 is 4.97. The first-order valence-corrected chi connectivity index (χ1v) is 7.70. The molecule has 0 saturated carbocycles. The van der Waals surface area contributed by atoms with E-state index >= 15 is 0 Å². The number of carbonyl (C=O) groups excluding carboxylic acids is 2. The number of esters is 1. The molecule has 2 aromatic carbocycles. The zero-order valence-corrected chi connectivity index (χ0v) is 13.9. The fraction of sp³-hybridized carbons (Fsp3) is 0.176. The van der Waals surface area contributed by atoms with Gasteiger partial charge in [-0.3, -0.25) is 4.79 Å². The second-order valence-corrected chi connectivity index (χ2v) is 5.66. The van der Waals surface area contributed by atoms with Crippen LogP contribution in [0, 0.1) is 0 Å². The van der Waals surface area contributed by atoms with E-state index in [1.54, 1.807) is 12.1 Å². The van der Waals surface area contributed by atoms with E-state index in [0.717, 1.165) is 5.56 Å². The van der Waals surface area contributed by atoms with Crippen molar-refractivity contribution in [1.82, 2.24) is 5.32 Å². The molecule has 1 N–H and O–H groups in total. The molecule has 0 saturated heterocycles. The van der Waals surface area contributed by atoms with Crippen LogP contribution in [0.2, 0.25) is 10.0 Å². The van der Waals surface area contributed by atoms with Gasteiger partial charge in [0.05, 0.1) is 21.7 Å². The maximum atomic E-state index is 11.9. The number of halogens is 2. The van der Waals surface area contributed by atoms with Crippen LogP contribution in [-0.4, -0.2) is 18.5 Å². The molecule has 0 aliphatic carbocycles. The van der Waals surface area contributed by atoms with Gasteiger partial charge in [0.15, 0.2) is 6.61 Å². The SMILES string of the molecule is C[C@@H](NC(=O)COC(=O)c1cccc(Cl)c1Cl)c1ccccc1. The van der Waals surface area contributed by atoms with Crippen molar-refractivity contribution in [3.05, 3.63) is 69.7 Å². The molecule has 0 bridgehead atoms. The number of hydrogen-bond donors (Lipinski definition) is 1. The van der Waals surface area contributed by atoms with Gasteiger partial charge in [0.25, 0.3) is 5.91 Å².